The van der Waals surface area contributed by atoms with Crippen molar-refractivity contribution in [2.24, 2.45) is 5.92 Å². The average molecular weight is 342 g/mol. The van der Waals surface area contributed by atoms with Crippen LogP contribution in [-0.2, 0) is 9.59 Å². The summed E-state index contributed by atoms with van der Waals surface area (Å²) in [5.41, 5.74) is 0.678. The van der Waals surface area contributed by atoms with Crippen LogP contribution < -0.4 is 10.1 Å². The molecule has 0 unspecified atom stereocenters. The Balaban J connectivity index is 1.45. The zero-order valence-corrected chi connectivity index (χ0v) is 14.5. The summed E-state index contributed by atoms with van der Waals surface area (Å²) in [5.74, 6) is 1.09. The van der Waals surface area contributed by atoms with E-state index in [4.69, 9.17) is 9.15 Å². The maximum Gasteiger partial charge on any atom is 0.226 e. The molecule has 1 aliphatic carbocycles. The largest absolute Gasteiger partial charge is 0.493 e. The third-order valence-corrected chi connectivity index (χ3v) is 5.05. The first-order valence-electron chi connectivity index (χ1n) is 8.73. The van der Waals surface area contributed by atoms with Crippen molar-refractivity contribution in [1.29, 1.82) is 0 Å². The number of carbonyl (C=O) groups excluding carboxylic acids is 2. The fourth-order valence-electron chi connectivity index (χ4n) is 3.48. The van der Waals surface area contributed by atoms with Gasteiger partial charge < -0.3 is 19.4 Å². The zero-order chi connectivity index (χ0) is 17.6. The highest BCUT2D eigenvalue weighted by Gasteiger charge is 2.41. The fourth-order valence-corrected chi connectivity index (χ4v) is 3.48. The molecule has 1 N–H and O–H groups in total. The molecule has 0 bridgehead atoms. The number of fused-ring (bicyclic) bond motifs is 1. The third kappa shape index (κ3) is 2.97. The van der Waals surface area contributed by atoms with E-state index in [1.165, 1.54) is 0 Å². The van der Waals surface area contributed by atoms with Gasteiger partial charge in [0.05, 0.1) is 19.1 Å². The molecule has 1 saturated heterocycles. The first kappa shape index (κ1) is 16.0. The maximum atomic E-state index is 12.5. The molecule has 2 atom stereocenters. The van der Waals surface area contributed by atoms with Gasteiger partial charge in [-0.1, -0.05) is 12.1 Å². The van der Waals surface area contributed by atoms with Crippen molar-refractivity contribution < 1.29 is 18.7 Å². The molecule has 1 aliphatic heterocycles. The summed E-state index contributed by atoms with van der Waals surface area (Å²) in [6.07, 6.45) is 2.44. The highest BCUT2D eigenvalue weighted by Crippen LogP contribution is 2.34. The molecule has 2 aromatic rings. The SMILES string of the molecule is COc1cccc2cc([C@H](C)NC(=O)[C@H]3CC(=O)N(C4CC4)C3)oc12. The minimum atomic E-state index is -0.269. The van der Waals surface area contributed by atoms with Gasteiger partial charge in [-0.3, -0.25) is 9.59 Å². The van der Waals surface area contributed by atoms with Crippen molar-refractivity contribution in [3.8, 4) is 5.75 Å². The fraction of sp³-hybridized carbons (Fsp3) is 0.474. The molecule has 25 heavy (non-hydrogen) atoms. The highest BCUT2D eigenvalue weighted by atomic mass is 16.5. The van der Waals surface area contributed by atoms with E-state index in [0.29, 0.717) is 36.1 Å². The summed E-state index contributed by atoms with van der Waals surface area (Å²) in [5, 5.41) is 3.92. The monoisotopic (exact) mass is 342 g/mol. The molecule has 1 aromatic heterocycles. The second-order valence-electron chi connectivity index (χ2n) is 6.94. The first-order chi connectivity index (χ1) is 12.1. The van der Waals surface area contributed by atoms with E-state index >= 15 is 0 Å². The number of nitrogens with zero attached hydrogens (tertiary/aromatic N) is 1. The normalized spacial score (nSPS) is 21.6. The van der Waals surface area contributed by atoms with E-state index in [9.17, 15) is 9.59 Å². The van der Waals surface area contributed by atoms with Crippen LogP contribution in [0, 0.1) is 5.92 Å². The molecule has 132 valence electrons. The molecule has 4 rings (SSSR count). The standard InChI is InChI=1S/C19H22N2O4/c1-11(16-8-12-4-3-5-15(24-2)18(12)25-16)20-19(23)13-9-17(22)21(10-13)14-6-7-14/h3-5,8,11,13-14H,6-7,9-10H2,1-2H3,(H,20,23)/t11-,13-/m0/s1. The Morgan fingerprint density at radius 2 is 2.20 bits per heavy atom. The molecule has 2 fully saturated rings. The van der Waals surface area contributed by atoms with Crippen molar-refractivity contribution in [2.45, 2.75) is 38.3 Å². The molecule has 0 radical (unpaired) electrons. The predicted octanol–water partition coefficient (Wildman–Crippen LogP) is 2.63. The molecule has 1 saturated carbocycles. The van der Waals surface area contributed by atoms with Crippen LogP contribution in [0.15, 0.2) is 28.7 Å². The second kappa shape index (κ2) is 6.10. The van der Waals surface area contributed by atoms with Crippen LogP contribution in [0.1, 0.15) is 38.0 Å². The topological polar surface area (TPSA) is 71.8 Å². The van der Waals surface area contributed by atoms with Crippen LogP contribution in [-0.4, -0.2) is 36.4 Å². The summed E-state index contributed by atoms with van der Waals surface area (Å²) in [6.45, 7) is 2.42. The van der Waals surface area contributed by atoms with E-state index in [1.807, 2.05) is 36.1 Å². The molecule has 2 heterocycles. The van der Waals surface area contributed by atoms with E-state index in [2.05, 4.69) is 5.32 Å². The Morgan fingerprint density at radius 1 is 1.40 bits per heavy atom. The van der Waals surface area contributed by atoms with Crippen molar-refractivity contribution in [2.75, 3.05) is 13.7 Å². The van der Waals surface area contributed by atoms with Gasteiger partial charge in [0.2, 0.25) is 11.8 Å². The van der Waals surface area contributed by atoms with Crippen LogP contribution in [0.4, 0.5) is 0 Å². The number of hydrogen-bond donors (Lipinski definition) is 1. The number of nitrogens with one attached hydrogen (secondary N) is 1. The zero-order valence-electron chi connectivity index (χ0n) is 14.5. The van der Waals surface area contributed by atoms with Crippen LogP contribution in [0.25, 0.3) is 11.0 Å². The van der Waals surface area contributed by atoms with Gasteiger partial charge in [0, 0.05) is 24.4 Å². The lowest BCUT2D eigenvalue weighted by Crippen LogP contribution is -2.34. The average Bonchev–Trinajstić information content (AvgIpc) is 3.21. The van der Waals surface area contributed by atoms with Crippen molar-refractivity contribution in [3.63, 3.8) is 0 Å². The Hall–Kier alpha value is -2.50. The molecular weight excluding hydrogens is 320 g/mol. The van der Waals surface area contributed by atoms with Crippen LogP contribution >= 0.6 is 0 Å². The number of furan rings is 1. The Kier molecular flexibility index (Phi) is 3.90. The number of likely N-dealkylation sites (tertiary alicyclic amines) is 1. The predicted molar refractivity (Wildman–Crippen MR) is 92.2 cm³/mol. The van der Waals surface area contributed by atoms with Crippen molar-refractivity contribution in [3.05, 3.63) is 30.0 Å². The number of benzene rings is 1. The van der Waals surface area contributed by atoms with Crippen molar-refractivity contribution in [1.82, 2.24) is 10.2 Å². The van der Waals surface area contributed by atoms with Gasteiger partial charge in [0.15, 0.2) is 11.3 Å². The van der Waals surface area contributed by atoms with E-state index in [1.54, 1.807) is 7.11 Å². The summed E-state index contributed by atoms with van der Waals surface area (Å²) >= 11 is 0. The van der Waals surface area contributed by atoms with E-state index in [0.717, 1.165) is 18.2 Å². The number of hydrogen-bond acceptors (Lipinski definition) is 4. The quantitative estimate of drug-likeness (QED) is 0.907. The lowest BCUT2D eigenvalue weighted by Gasteiger charge is -2.17. The molecule has 1 aromatic carbocycles. The number of amides is 2. The van der Waals surface area contributed by atoms with Crippen LogP contribution in [0.3, 0.4) is 0 Å². The molecule has 2 aliphatic rings. The summed E-state index contributed by atoms with van der Waals surface area (Å²) in [6, 6.07) is 7.71. The molecule has 6 nitrogen and oxygen atoms in total. The molecule has 6 heteroatoms. The molecule has 0 spiro atoms. The van der Waals surface area contributed by atoms with Crippen LogP contribution in [0.5, 0.6) is 5.75 Å². The smallest absolute Gasteiger partial charge is 0.226 e. The van der Waals surface area contributed by atoms with Gasteiger partial charge in [-0.25, -0.2) is 0 Å². The number of methoxy groups -OCH3 is 1. The number of rotatable bonds is 5. The van der Waals surface area contributed by atoms with E-state index < -0.39 is 0 Å². The van der Waals surface area contributed by atoms with Gasteiger partial charge in [-0.15, -0.1) is 0 Å². The number of ether oxygens (including phenoxy) is 1. The minimum Gasteiger partial charge on any atom is -0.493 e. The Morgan fingerprint density at radius 3 is 2.92 bits per heavy atom. The lowest BCUT2D eigenvalue weighted by atomic mass is 10.1. The number of carbonyl (C=O) groups is 2. The first-order valence-corrected chi connectivity index (χ1v) is 8.73. The summed E-state index contributed by atoms with van der Waals surface area (Å²) in [7, 11) is 1.60. The Labute approximate surface area is 146 Å². The summed E-state index contributed by atoms with van der Waals surface area (Å²) < 4.78 is 11.2. The summed E-state index contributed by atoms with van der Waals surface area (Å²) in [4.78, 5) is 26.4. The van der Waals surface area contributed by atoms with E-state index in [-0.39, 0.29) is 23.8 Å². The maximum absolute atomic E-state index is 12.5. The van der Waals surface area contributed by atoms with Gasteiger partial charge in [0.1, 0.15) is 5.76 Å². The van der Waals surface area contributed by atoms with Gasteiger partial charge in [-0.05, 0) is 31.9 Å². The lowest BCUT2D eigenvalue weighted by molar-refractivity contribution is -0.129. The van der Waals surface area contributed by atoms with Gasteiger partial charge >= 0.3 is 0 Å². The number of para-hydroxylation sites is 1. The van der Waals surface area contributed by atoms with Gasteiger partial charge in [0.25, 0.3) is 0 Å². The molecule has 2 amide bonds. The molecular formula is C19H22N2O4. The third-order valence-electron chi connectivity index (χ3n) is 5.05. The second-order valence-corrected chi connectivity index (χ2v) is 6.94. The van der Waals surface area contributed by atoms with Crippen molar-refractivity contribution >= 4 is 22.8 Å². The van der Waals surface area contributed by atoms with Gasteiger partial charge in [-0.2, -0.15) is 0 Å². The minimum absolute atomic E-state index is 0.0866. The highest BCUT2D eigenvalue weighted by molar-refractivity contribution is 5.90. The Bertz CT molecular complexity index is 824. The van der Waals surface area contributed by atoms with Crippen LogP contribution in [0.2, 0.25) is 0 Å².